The average Bonchev–Trinajstić information content (AvgIpc) is 3.18. The van der Waals surface area contributed by atoms with Crippen molar-refractivity contribution in [3.05, 3.63) is 72.1 Å². The van der Waals surface area contributed by atoms with E-state index in [0.717, 1.165) is 19.5 Å². The van der Waals surface area contributed by atoms with E-state index in [4.69, 9.17) is 0 Å². The van der Waals surface area contributed by atoms with Gasteiger partial charge in [0.25, 0.3) is 0 Å². The highest BCUT2D eigenvalue weighted by atomic mass is 14.8. The molecule has 0 saturated carbocycles. The molecule has 4 rings (SSSR count). The molecule has 4 aromatic rings. The molecule has 2 aromatic heterocycles. The Balaban J connectivity index is 1.37. The number of fused-ring (bicyclic) bond motifs is 2. The Morgan fingerprint density at radius 1 is 0.909 bits per heavy atom. The van der Waals surface area contributed by atoms with Gasteiger partial charge in [-0.25, -0.2) is 0 Å². The largest absolute Gasteiger partial charge is 0.361 e. The van der Waals surface area contributed by atoms with Crippen molar-refractivity contribution in [2.75, 3.05) is 6.54 Å². The summed E-state index contributed by atoms with van der Waals surface area (Å²) >= 11 is 0. The fourth-order valence-corrected chi connectivity index (χ4v) is 3.00. The molecular weight excluding hydrogens is 270 g/mol. The molecule has 0 aliphatic rings. The van der Waals surface area contributed by atoms with E-state index in [1.54, 1.807) is 0 Å². The molecular formula is C19H19N3. The van der Waals surface area contributed by atoms with Gasteiger partial charge < -0.3 is 15.3 Å². The maximum atomic E-state index is 3.53. The maximum Gasteiger partial charge on any atom is 0.0457 e. The van der Waals surface area contributed by atoms with E-state index >= 15 is 0 Å². The third-order valence-electron chi connectivity index (χ3n) is 4.19. The second-order valence-corrected chi connectivity index (χ2v) is 5.69. The third-order valence-corrected chi connectivity index (χ3v) is 4.19. The van der Waals surface area contributed by atoms with Gasteiger partial charge in [-0.05, 0) is 47.7 Å². The predicted molar refractivity (Wildman–Crippen MR) is 92.0 cm³/mol. The fraction of sp³-hybridized carbons (Fsp3) is 0.158. The zero-order valence-corrected chi connectivity index (χ0v) is 12.4. The van der Waals surface area contributed by atoms with Crippen LogP contribution in [0.2, 0.25) is 0 Å². The zero-order valence-electron chi connectivity index (χ0n) is 12.4. The molecule has 110 valence electrons. The maximum absolute atomic E-state index is 3.53. The van der Waals surface area contributed by atoms with Gasteiger partial charge in [0.05, 0.1) is 0 Å². The van der Waals surface area contributed by atoms with E-state index in [9.17, 15) is 0 Å². The average molecular weight is 289 g/mol. The lowest BCUT2D eigenvalue weighted by atomic mass is 10.1. The van der Waals surface area contributed by atoms with Crippen LogP contribution in [0.5, 0.6) is 0 Å². The van der Waals surface area contributed by atoms with Crippen molar-refractivity contribution in [1.29, 1.82) is 0 Å². The van der Waals surface area contributed by atoms with Crippen LogP contribution in [0, 0.1) is 0 Å². The smallest absolute Gasteiger partial charge is 0.0457 e. The topological polar surface area (TPSA) is 43.6 Å². The zero-order chi connectivity index (χ0) is 14.8. The van der Waals surface area contributed by atoms with Crippen molar-refractivity contribution in [3.8, 4) is 0 Å². The number of hydrogen-bond acceptors (Lipinski definition) is 1. The molecule has 0 unspecified atom stereocenters. The minimum atomic E-state index is 0.900. The van der Waals surface area contributed by atoms with Crippen molar-refractivity contribution in [2.24, 2.45) is 0 Å². The highest BCUT2D eigenvalue weighted by Gasteiger charge is 2.02. The first kappa shape index (κ1) is 13.2. The molecule has 0 atom stereocenters. The van der Waals surface area contributed by atoms with Gasteiger partial charge in [-0.1, -0.05) is 30.3 Å². The quantitative estimate of drug-likeness (QED) is 0.478. The van der Waals surface area contributed by atoms with Crippen LogP contribution in [0.4, 0.5) is 0 Å². The van der Waals surface area contributed by atoms with Crippen molar-refractivity contribution < 1.29 is 0 Å². The van der Waals surface area contributed by atoms with Gasteiger partial charge in [0.15, 0.2) is 0 Å². The Kier molecular flexibility index (Phi) is 3.41. The van der Waals surface area contributed by atoms with E-state index in [2.05, 4.69) is 70.0 Å². The molecule has 3 N–H and O–H groups in total. The SMILES string of the molecule is c1ccc2c(CCNCc3ccc4cc[nH]c4c3)c[nH]c2c1. The van der Waals surface area contributed by atoms with E-state index in [1.165, 1.54) is 32.9 Å². The number of benzene rings is 2. The van der Waals surface area contributed by atoms with Gasteiger partial charge in [0.2, 0.25) is 0 Å². The molecule has 0 bridgehead atoms. The van der Waals surface area contributed by atoms with Crippen molar-refractivity contribution in [3.63, 3.8) is 0 Å². The number of hydrogen-bond donors (Lipinski definition) is 3. The van der Waals surface area contributed by atoms with Crippen molar-refractivity contribution >= 4 is 21.8 Å². The first-order valence-corrected chi connectivity index (χ1v) is 7.72. The van der Waals surface area contributed by atoms with Gasteiger partial charge in [-0.2, -0.15) is 0 Å². The molecule has 0 aliphatic carbocycles. The predicted octanol–water partition coefficient (Wildman–Crippen LogP) is 3.98. The molecule has 0 saturated heterocycles. The lowest BCUT2D eigenvalue weighted by molar-refractivity contribution is 0.689. The normalized spacial score (nSPS) is 11.5. The van der Waals surface area contributed by atoms with E-state index in [1.807, 2.05) is 6.20 Å². The Labute approximate surface area is 129 Å². The van der Waals surface area contributed by atoms with Crippen LogP contribution in [-0.4, -0.2) is 16.5 Å². The molecule has 0 amide bonds. The number of aromatic nitrogens is 2. The summed E-state index contributed by atoms with van der Waals surface area (Å²) in [4.78, 5) is 6.59. The highest BCUT2D eigenvalue weighted by Crippen LogP contribution is 2.18. The van der Waals surface area contributed by atoms with E-state index in [0.29, 0.717) is 0 Å². The van der Waals surface area contributed by atoms with Crippen LogP contribution in [-0.2, 0) is 13.0 Å². The van der Waals surface area contributed by atoms with Gasteiger partial charge in [-0.3, -0.25) is 0 Å². The minimum absolute atomic E-state index is 0.900. The molecule has 0 spiro atoms. The summed E-state index contributed by atoms with van der Waals surface area (Å²) < 4.78 is 0. The number of rotatable bonds is 5. The van der Waals surface area contributed by atoms with Gasteiger partial charge in [-0.15, -0.1) is 0 Å². The van der Waals surface area contributed by atoms with Gasteiger partial charge in [0, 0.05) is 35.4 Å². The Hall–Kier alpha value is -2.52. The molecule has 2 heterocycles. The molecule has 3 nitrogen and oxygen atoms in total. The minimum Gasteiger partial charge on any atom is -0.361 e. The van der Waals surface area contributed by atoms with Gasteiger partial charge in [0.1, 0.15) is 0 Å². The molecule has 3 heteroatoms. The lowest BCUT2D eigenvalue weighted by Crippen LogP contribution is -2.16. The molecule has 2 aromatic carbocycles. The second kappa shape index (κ2) is 5.70. The van der Waals surface area contributed by atoms with Crippen LogP contribution in [0.15, 0.2) is 60.9 Å². The summed E-state index contributed by atoms with van der Waals surface area (Å²) in [6, 6.07) is 17.1. The van der Waals surface area contributed by atoms with E-state index < -0.39 is 0 Å². The molecule has 0 radical (unpaired) electrons. The number of nitrogens with one attached hydrogen (secondary N) is 3. The summed E-state index contributed by atoms with van der Waals surface area (Å²) in [5.41, 5.74) is 5.11. The molecule has 0 fully saturated rings. The lowest BCUT2D eigenvalue weighted by Gasteiger charge is -2.05. The van der Waals surface area contributed by atoms with E-state index in [-0.39, 0.29) is 0 Å². The standard InChI is InChI=1S/C19H19N3/c1-2-4-18-17(3-1)16(13-22-18)7-9-20-12-14-5-6-15-8-10-21-19(15)11-14/h1-6,8,10-11,13,20-22H,7,9,12H2. The van der Waals surface area contributed by atoms with Crippen LogP contribution >= 0.6 is 0 Å². The van der Waals surface area contributed by atoms with Crippen molar-refractivity contribution in [1.82, 2.24) is 15.3 Å². The van der Waals surface area contributed by atoms with Gasteiger partial charge >= 0.3 is 0 Å². The van der Waals surface area contributed by atoms with Crippen LogP contribution < -0.4 is 5.32 Å². The van der Waals surface area contributed by atoms with Crippen LogP contribution in [0.1, 0.15) is 11.1 Å². The number of aromatic amines is 2. The van der Waals surface area contributed by atoms with Crippen LogP contribution in [0.3, 0.4) is 0 Å². The molecule has 22 heavy (non-hydrogen) atoms. The van der Waals surface area contributed by atoms with Crippen molar-refractivity contribution in [2.45, 2.75) is 13.0 Å². The fourth-order valence-electron chi connectivity index (χ4n) is 3.00. The molecule has 0 aliphatic heterocycles. The first-order valence-electron chi connectivity index (χ1n) is 7.72. The Morgan fingerprint density at radius 2 is 1.86 bits per heavy atom. The third kappa shape index (κ3) is 2.51. The highest BCUT2D eigenvalue weighted by molar-refractivity contribution is 5.83. The Morgan fingerprint density at radius 3 is 2.86 bits per heavy atom. The summed E-state index contributed by atoms with van der Waals surface area (Å²) in [7, 11) is 0. The monoisotopic (exact) mass is 289 g/mol. The van der Waals surface area contributed by atoms with Crippen LogP contribution in [0.25, 0.3) is 21.8 Å². The summed E-state index contributed by atoms with van der Waals surface area (Å²) in [6.07, 6.45) is 5.14. The second-order valence-electron chi connectivity index (χ2n) is 5.69. The Bertz CT molecular complexity index is 901. The number of H-pyrrole nitrogens is 2. The number of para-hydroxylation sites is 1. The summed E-state index contributed by atoms with van der Waals surface area (Å²) in [5, 5.41) is 6.13. The summed E-state index contributed by atoms with van der Waals surface area (Å²) in [6.45, 7) is 1.88. The summed E-state index contributed by atoms with van der Waals surface area (Å²) in [5.74, 6) is 0. The first-order chi connectivity index (χ1) is 10.9.